The minimum atomic E-state index is -1.82. The number of nitrogens with zero attached hydrogens (tertiary/aromatic N) is 1. The van der Waals surface area contributed by atoms with E-state index in [4.69, 9.17) is 29.9 Å². The zero-order chi connectivity index (χ0) is 17.1. The number of piperidine rings is 1. The standard InChI is InChI=1S/C13H17N3O.C2H2O4/c14-8-12-6-7-13(9-15-12)16-17-10-11-4-2-1-3-5-11;3-1(4)2(5)6/h1-5,12-13,15-16H,6-7,9-10H2;(H,3,4)(H,5,6)/t12-,13?;/m0./s1. The zero-order valence-electron chi connectivity index (χ0n) is 12.4. The Bertz CT molecular complexity index is 524. The molecule has 0 bridgehead atoms. The number of benzene rings is 1. The summed E-state index contributed by atoms with van der Waals surface area (Å²) >= 11 is 0. The molecule has 124 valence electrons. The number of hydrogen-bond acceptors (Lipinski definition) is 6. The minimum Gasteiger partial charge on any atom is -0.473 e. The predicted octanol–water partition coefficient (Wildman–Crippen LogP) is 0.508. The maximum absolute atomic E-state index is 9.10. The zero-order valence-corrected chi connectivity index (χ0v) is 12.4. The Labute approximate surface area is 133 Å². The van der Waals surface area contributed by atoms with Crippen LogP contribution in [-0.4, -0.2) is 40.8 Å². The minimum absolute atomic E-state index is 0.00201. The Balaban J connectivity index is 0.000000379. The first-order valence-electron chi connectivity index (χ1n) is 7.03. The molecule has 0 spiro atoms. The summed E-state index contributed by atoms with van der Waals surface area (Å²) < 4.78 is 0. The number of nitriles is 1. The molecule has 1 unspecified atom stereocenters. The molecule has 0 saturated carbocycles. The van der Waals surface area contributed by atoms with Gasteiger partial charge in [-0.05, 0) is 18.4 Å². The summed E-state index contributed by atoms with van der Waals surface area (Å²) in [5.41, 5.74) is 4.19. The molecule has 23 heavy (non-hydrogen) atoms. The Hall–Kier alpha value is -2.47. The Morgan fingerprint density at radius 2 is 1.91 bits per heavy atom. The van der Waals surface area contributed by atoms with Gasteiger partial charge < -0.3 is 15.5 Å². The van der Waals surface area contributed by atoms with Crippen molar-refractivity contribution in [2.75, 3.05) is 6.54 Å². The molecule has 4 N–H and O–H groups in total. The van der Waals surface area contributed by atoms with E-state index in [-0.39, 0.29) is 6.04 Å². The van der Waals surface area contributed by atoms with Crippen molar-refractivity contribution >= 4 is 11.9 Å². The molecule has 1 aliphatic rings. The summed E-state index contributed by atoms with van der Waals surface area (Å²) in [6, 6.07) is 12.6. The van der Waals surface area contributed by atoms with Crippen LogP contribution in [0, 0.1) is 11.3 Å². The van der Waals surface area contributed by atoms with Gasteiger partial charge in [0.1, 0.15) is 0 Å². The van der Waals surface area contributed by atoms with E-state index in [0.29, 0.717) is 12.6 Å². The highest BCUT2D eigenvalue weighted by Crippen LogP contribution is 2.08. The van der Waals surface area contributed by atoms with Gasteiger partial charge in [0.25, 0.3) is 0 Å². The van der Waals surface area contributed by atoms with Crippen LogP contribution >= 0.6 is 0 Å². The molecule has 0 aliphatic carbocycles. The maximum atomic E-state index is 9.10. The van der Waals surface area contributed by atoms with E-state index in [0.717, 1.165) is 24.9 Å². The van der Waals surface area contributed by atoms with E-state index in [9.17, 15) is 0 Å². The third-order valence-electron chi connectivity index (χ3n) is 3.08. The lowest BCUT2D eigenvalue weighted by Gasteiger charge is -2.26. The van der Waals surface area contributed by atoms with Gasteiger partial charge in [-0.25, -0.2) is 9.59 Å². The lowest BCUT2D eigenvalue weighted by Crippen LogP contribution is -2.47. The number of hydrogen-bond donors (Lipinski definition) is 4. The van der Waals surface area contributed by atoms with Crippen LogP contribution < -0.4 is 10.8 Å². The van der Waals surface area contributed by atoms with Crippen LogP contribution in [0.1, 0.15) is 18.4 Å². The van der Waals surface area contributed by atoms with Crippen molar-refractivity contribution in [3.63, 3.8) is 0 Å². The van der Waals surface area contributed by atoms with Crippen molar-refractivity contribution in [3.05, 3.63) is 35.9 Å². The molecular formula is C15H19N3O5. The van der Waals surface area contributed by atoms with Crippen LogP contribution in [0.3, 0.4) is 0 Å². The molecule has 1 saturated heterocycles. The lowest BCUT2D eigenvalue weighted by molar-refractivity contribution is -0.159. The summed E-state index contributed by atoms with van der Waals surface area (Å²) in [6.07, 6.45) is 1.85. The average Bonchev–Trinajstić information content (AvgIpc) is 2.57. The molecule has 8 nitrogen and oxygen atoms in total. The number of carboxylic acids is 2. The number of carbonyl (C=O) groups is 2. The van der Waals surface area contributed by atoms with Crippen molar-refractivity contribution < 1.29 is 24.6 Å². The second-order valence-electron chi connectivity index (χ2n) is 4.87. The first-order chi connectivity index (χ1) is 11.0. The van der Waals surface area contributed by atoms with E-state index in [2.05, 4.69) is 16.9 Å². The summed E-state index contributed by atoms with van der Waals surface area (Å²) in [4.78, 5) is 23.7. The van der Waals surface area contributed by atoms with Gasteiger partial charge >= 0.3 is 11.9 Å². The van der Waals surface area contributed by atoms with Gasteiger partial charge in [-0.1, -0.05) is 30.3 Å². The van der Waals surface area contributed by atoms with Gasteiger partial charge in [0, 0.05) is 12.6 Å². The fourth-order valence-corrected chi connectivity index (χ4v) is 1.88. The van der Waals surface area contributed by atoms with Crippen molar-refractivity contribution in [3.8, 4) is 6.07 Å². The summed E-state index contributed by atoms with van der Waals surface area (Å²) in [5, 5.41) is 26.7. The predicted molar refractivity (Wildman–Crippen MR) is 80.1 cm³/mol. The van der Waals surface area contributed by atoms with Gasteiger partial charge in [0.2, 0.25) is 0 Å². The summed E-state index contributed by atoms with van der Waals surface area (Å²) in [7, 11) is 0. The lowest BCUT2D eigenvalue weighted by atomic mass is 10.0. The average molecular weight is 321 g/mol. The number of aliphatic carboxylic acids is 2. The highest BCUT2D eigenvalue weighted by atomic mass is 16.6. The third kappa shape index (κ3) is 7.92. The van der Waals surface area contributed by atoms with Crippen LogP contribution in [0.2, 0.25) is 0 Å². The van der Waals surface area contributed by atoms with Crippen molar-refractivity contribution in [1.82, 2.24) is 10.8 Å². The molecule has 1 aromatic rings. The molecule has 0 amide bonds. The molecule has 0 radical (unpaired) electrons. The van der Waals surface area contributed by atoms with Crippen LogP contribution in [-0.2, 0) is 21.0 Å². The van der Waals surface area contributed by atoms with Gasteiger partial charge in [0.05, 0.1) is 18.7 Å². The van der Waals surface area contributed by atoms with Crippen molar-refractivity contribution in [2.24, 2.45) is 0 Å². The molecular weight excluding hydrogens is 302 g/mol. The van der Waals surface area contributed by atoms with E-state index in [1.54, 1.807) is 0 Å². The number of carboxylic acid groups (broad SMARTS) is 2. The highest BCUT2D eigenvalue weighted by molar-refractivity contribution is 6.27. The molecule has 1 fully saturated rings. The second-order valence-corrected chi connectivity index (χ2v) is 4.87. The molecule has 1 aliphatic heterocycles. The maximum Gasteiger partial charge on any atom is 0.414 e. The van der Waals surface area contributed by atoms with E-state index in [1.165, 1.54) is 0 Å². The van der Waals surface area contributed by atoms with Crippen LogP contribution in [0.25, 0.3) is 0 Å². The largest absolute Gasteiger partial charge is 0.473 e. The molecule has 8 heteroatoms. The fraction of sp³-hybridized carbons (Fsp3) is 0.400. The fourth-order valence-electron chi connectivity index (χ4n) is 1.88. The van der Waals surface area contributed by atoms with Gasteiger partial charge in [0.15, 0.2) is 0 Å². The Morgan fingerprint density at radius 3 is 2.39 bits per heavy atom. The van der Waals surface area contributed by atoms with E-state index < -0.39 is 11.9 Å². The third-order valence-corrected chi connectivity index (χ3v) is 3.08. The first kappa shape index (κ1) is 18.6. The smallest absolute Gasteiger partial charge is 0.414 e. The number of hydroxylamine groups is 1. The highest BCUT2D eigenvalue weighted by Gasteiger charge is 2.19. The quantitative estimate of drug-likeness (QED) is 0.466. The van der Waals surface area contributed by atoms with Crippen LogP contribution in [0.15, 0.2) is 30.3 Å². The SMILES string of the molecule is N#C[C@@H]1CCC(NOCc2ccccc2)CN1.O=C(O)C(=O)O. The number of rotatable bonds is 4. The van der Waals surface area contributed by atoms with Crippen molar-refractivity contribution in [1.29, 1.82) is 5.26 Å². The monoisotopic (exact) mass is 321 g/mol. The normalized spacial score (nSPS) is 19.8. The van der Waals surface area contributed by atoms with Gasteiger partial charge in [-0.2, -0.15) is 10.7 Å². The number of nitrogens with one attached hydrogen (secondary N) is 2. The molecule has 2 rings (SSSR count). The molecule has 1 heterocycles. The Kier molecular flexibility index (Phi) is 8.31. The summed E-state index contributed by atoms with van der Waals surface area (Å²) in [5.74, 6) is -3.65. The molecule has 1 aromatic carbocycles. The second kappa shape index (κ2) is 10.3. The van der Waals surface area contributed by atoms with Crippen molar-refractivity contribution in [2.45, 2.75) is 31.5 Å². The summed E-state index contributed by atoms with van der Waals surface area (Å²) in [6.45, 7) is 1.35. The van der Waals surface area contributed by atoms with Gasteiger partial charge in [-0.3, -0.25) is 4.84 Å². The Morgan fingerprint density at radius 1 is 1.26 bits per heavy atom. The van der Waals surface area contributed by atoms with Gasteiger partial charge in [-0.15, -0.1) is 0 Å². The molecule has 0 aromatic heterocycles. The topological polar surface area (TPSA) is 132 Å². The first-order valence-corrected chi connectivity index (χ1v) is 7.03. The van der Waals surface area contributed by atoms with Crippen LogP contribution in [0.5, 0.6) is 0 Å². The van der Waals surface area contributed by atoms with Crippen LogP contribution in [0.4, 0.5) is 0 Å². The molecule has 2 atom stereocenters. The van der Waals surface area contributed by atoms with E-state index >= 15 is 0 Å². The van der Waals surface area contributed by atoms with E-state index in [1.807, 2.05) is 30.3 Å².